The highest BCUT2D eigenvalue weighted by Gasteiger charge is 2.20. The maximum absolute atomic E-state index is 6.44. The molecule has 0 N–H and O–H groups in total. The monoisotopic (exact) mass is 485 g/mol. The summed E-state index contributed by atoms with van der Waals surface area (Å²) in [7, 11) is 0. The first-order chi connectivity index (χ1) is 18.8. The third-order valence-electron chi connectivity index (χ3n) is 7.56. The average Bonchev–Trinajstić information content (AvgIpc) is 3.34. The molecule has 2 nitrogen and oxygen atoms in total. The third-order valence-corrected chi connectivity index (χ3v) is 7.56. The molecule has 2 heteroatoms. The van der Waals surface area contributed by atoms with Crippen molar-refractivity contribution in [3.8, 4) is 0 Å². The number of anilines is 3. The first-order valence-corrected chi connectivity index (χ1v) is 12.9. The van der Waals surface area contributed by atoms with Crippen molar-refractivity contribution < 1.29 is 4.42 Å². The number of benzene rings is 7. The molecule has 0 spiro atoms. The fourth-order valence-corrected chi connectivity index (χ4v) is 5.74. The Morgan fingerprint density at radius 3 is 1.53 bits per heavy atom. The molecule has 7 aromatic carbocycles. The van der Waals surface area contributed by atoms with E-state index in [4.69, 9.17) is 4.42 Å². The standard InChI is InChI=1S/C36H23NO/c1-3-10-26-20-30(18-16-24(26)8-1)37(31-19-17-25-9-2-4-11-27(25)21-31)33-14-7-15-34-36(33)32-22-28-12-5-6-13-29(28)23-35(32)38-34/h1-23H. The van der Waals surface area contributed by atoms with Crippen molar-refractivity contribution >= 4 is 71.3 Å². The van der Waals surface area contributed by atoms with Crippen LogP contribution in [0.2, 0.25) is 0 Å². The molecule has 0 fully saturated rings. The SMILES string of the molecule is c1ccc2cc(N(c3ccc4ccccc4c3)c3cccc4oc5cc6ccccc6cc5c34)ccc2c1. The molecular formula is C36H23NO. The summed E-state index contributed by atoms with van der Waals surface area (Å²) in [6.45, 7) is 0. The molecule has 0 aliphatic carbocycles. The fraction of sp³-hybridized carbons (Fsp3) is 0. The van der Waals surface area contributed by atoms with Crippen LogP contribution in [0.1, 0.15) is 0 Å². The van der Waals surface area contributed by atoms with Crippen molar-refractivity contribution in [3.05, 3.63) is 140 Å². The minimum atomic E-state index is 0.888. The lowest BCUT2D eigenvalue weighted by Gasteiger charge is -2.27. The van der Waals surface area contributed by atoms with Gasteiger partial charge in [-0.25, -0.2) is 0 Å². The summed E-state index contributed by atoms with van der Waals surface area (Å²) in [5, 5.41) is 9.52. The normalized spacial score (nSPS) is 11.7. The number of fused-ring (bicyclic) bond motifs is 6. The van der Waals surface area contributed by atoms with Gasteiger partial charge in [0.2, 0.25) is 0 Å². The Bertz CT molecular complexity index is 2070. The molecule has 0 unspecified atom stereocenters. The molecule has 0 aliphatic heterocycles. The fourth-order valence-electron chi connectivity index (χ4n) is 5.74. The second-order valence-electron chi connectivity index (χ2n) is 9.85. The van der Waals surface area contributed by atoms with E-state index in [2.05, 4.69) is 144 Å². The Morgan fingerprint density at radius 2 is 0.921 bits per heavy atom. The third kappa shape index (κ3) is 3.28. The van der Waals surface area contributed by atoms with E-state index < -0.39 is 0 Å². The van der Waals surface area contributed by atoms with Crippen LogP contribution in [0.5, 0.6) is 0 Å². The second-order valence-corrected chi connectivity index (χ2v) is 9.85. The molecule has 0 aliphatic rings. The van der Waals surface area contributed by atoms with Gasteiger partial charge in [-0.3, -0.25) is 0 Å². The van der Waals surface area contributed by atoms with Crippen LogP contribution in [-0.2, 0) is 0 Å². The first kappa shape index (κ1) is 21.0. The van der Waals surface area contributed by atoms with Crippen molar-refractivity contribution in [2.45, 2.75) is 0 Å². The topological polar surface area (TPSA) is 16.4 Å². The van der Waals surface area contributed by atoms with Gasteiger partial charge in [0.25, 0.3) is 0 Å². The van der Waals surface area contributed by atoms with Crippen LogP contribution in [0.3, 0.4) is 0 Å². The van der Waals surface area contributed by atoms with Crippen molar-refractivity contribution in [2.75, 3.05) is 4.90 Å². The molecule has 0 saturated heterocycles. The summed E-state index contributed by atoms with van der Waals surface area (Å²) in [5.74, 6) is 0. The number of furan rings is 1. The summed E-state index contributed by atoms with van der Waals surface area (Å²) in [4.78, 5) is 2.37. The van der Waals surface area contributed by atoms with Gasteiger partial charge < -0.3 is 9.32 Å². The quantitative estimate of drug-likeness (QED) is 0.247. The van der Waals surface area contributed by atoms with Gasteiger partial charge in [-0.05, 0) is 80.8 Å². The average molecular weight is 486 g/mol. The minimum Gasteiger partial charge on any atom is -0.456 e. The van der Waals surface area contributed by atoms with Gasteiger partial charge in [0.1, 0.15) is 11.2 Å². The molecule has 0 amide bonds. The highest BCUT2D eigenvalue weighted by molar-refractivity contribution is 6.16. The summed E-state index contributed by atoms with van der Waals surface area (Å²) >= 11 is 0. The Morgan fingerprint density at radius 1 is 0.395 bits per heavy atom. The van der Waals surface area contributed by atoms with Gasteiger partial charge >= 0.3 is 0 Å². The van der Waals surface area contributed by atoms with Crippen LogP contribution < -0.4 is 4.90 Å². The van der Waals surface area contributed by atoms with Gasteiger partial charge in [0, 0.05) is 16.8 Å². The van der Waals surface area contributed by atoms with Crippen LogP contribution in [0.15, 0.2) is 144 Å². The summed E-state index contributed by atoms with van der Waals surface area (Å²) in [6, 6.07) is 49.7. The highest BCUT2D eigenvalue weighted by Crippen LogP contribution is 2.44. The zero-order valence-electron chi connectivity index (χ0n) is 20.6. The second kappa shape index (κ2) is 8.22. The summed E-state index contributed by atoms with van der Waals surface area (Å²) in [5.41, 5.74) is 5.12. The molecule has 0 saturated carbocycles. The Labute approximate surface area is 220 Å². The number of rotatable bonds is 3. The summed E-state index contributed by atoms with van der Waals surface area (Å²) in [6.07, 6.45) is 0. The van der Waals surface area contributed by atoms with Crippen molar-refractivity contribution in [3.63, 3.8) is 0 Å². The van der Waals surface area contributed by atoms with Gasteiger partial charge in [-0.1, -0.05) is 91.0 Å². The first-order valence-electron chi connectivity index (χ1n) is 12.9. The molecule has 8 rings (SSSR count). The molecule has 1 aromatic heterocycles. The van der Waals surface area contributed by atoms with Crippen molar-refractivity contribution in [1.82, 2.24) is 0 Å². The molecule has 8 aromatic rings. The Balaban J connectivity index is 1.45. The van der Waals surface area contributed by atoms with Gasteiger partial charge in [-0.15, -0.1) is 0 Å². The van der Waals surface area contributed by atoms with E-state index in [1.165, 1.54) is 32.3 Å². The van der Waals surface area contributed by atoms with Gasteiger partial charge in [0.05, 0.1) is 11.1 Å². The summed E-state index contributed by atoms with van der Waals surface area (Å²) < 4.78 is 6.44. The van der Waals surface area contributed by atoms with Gasteiger partial charge in [-0.2, -0.15) is 0 Å². The van der Waals surface area contributed by atoms with E-state index in [0.29, 0.717) is 0 Å². The Kier molecular flexibility index (Phi) is 4.55. The minimum absolute atomic E-state index is 0.888. The lowest BCUT2D eigenvalue weighted by Crippen LogP contribution is -2.10. The number of hydrogen-bond donors (Lipinski definition) is 0. The Hall–Kier alpha value is -5.08. The van der Waals surface area contributed by atoms with Crippen molar-refractivity contribution in [1.29, 1.82) is 0 Å². The van der Waals surface area contributed by atoms with E-state index in [-0.39, 0.29) is 0 Å². The van der Waals surface area contributed by atoms with Crippen LogP contribution in [0, 0.1) is 0 Å². The lowest BCUT2D eigenvalue weighted by atomic mass is 10.0. The number of hydrogen-bond acceptors (Lipinski definition) is 2. The largest absolute Gasteiger partial charge is 0.456 e. The molecule has 178 valence electrons. The lowest BCUT2D eigenvalue weighted by molar-refractivity contribution is 0.669. The predicted molar refractivity (Wildman–Crippen MR) is 161 cm³/mol. The van der Waals surface area contributed by atoms with E-state index in [1.54, 1.807) is 0 Å². The maximum Gasteiger partial charge on any atom is 0.137 e. The molecule has 38 heavy (non-hydrogen) atoms. The highest BCUT2D eigenvalue weighted by atomic mass is 16.3. The van der Waals surface area contributed by atoms with E-state index >= 15 is 0 Å². The molecular weight excluding hydrogens is 462 g/mol. The van der Waals surface area contributed by atoms with Crippen LogP contribution in [-0.4, -0.2) is 0 Å². The predicted octanol–water partition coefficient (Wildman–Crippen LogP) is 10.5. The van der Waals surface area contributed by atoms with Crippen molar-refractivity contribution in [2.24, 2.45) is 0 Å². The van der Waals surface area contributed by atoms with Crippen LogP contribution in [0.25, 0.3) is 54.3 Å². The van der Waals surface area contributed by atoms with E-state index in [0.717, 1.165) is 39.0 Å². The molecule has 1 heterocycles. The molecule has 0 atom stereocenters. The zero-order valence-corrected chi connectivity index (χ0v) is 20.6. The molecule has 0 bridgehead atoms. The van der Waals surface area contributed by atoms with E-state index in [1.807, 2.05) is 0 Å². The smallest absolute Gasteiger partial charge is 0.137 e. The van der Waals surface area contributed by atoms with E-state index in [9.17, 15) is 0 Å². The zero-order chi connectivity index (χ0) is 25.1. The molecule has 0 radical (unpaired) electrons. The van der Waals surface area contributed by atoms with Crippen LogP contribution >= 0.6 is 0 Å². The number of nitrogens with zero attached hydrogens (tertiary/aromatic N) is 1. The maximum atomic E-state index is 6.44. The van der Waals surface area contributed by atoms with Gasteiger partial charge in [0.15, 0.2) is 0 Å². The van der Waals surface area contributed by atoms with Crippen LogP contribution in [0.4, 0.5) is 17.1 Å².